The van der Waals surface area contributed by atoms with Crippen molar-refractivity contribution in [1.82, 2.24) is 10.6 Å². The number of rotatable bonds is 5. The molecular weight excluding hydrogens is 216 g/mol. The molecule has 1 amide bonds. The summed E-state index contributed by atoms with van der Waals surface area (Å²) in [4.78, 5) is 12.0. The van der Waals surface area contributed by atoms with Crippen molar-refractivity contribution in [3.8, 4) is 0 Å². The summed E-state index contributed by atoms with van der Waals surface area (Å²) in [6, 6.07) is -0.0383. The average Bonchev–Trinajstić information content (AvgIpc) is 2.26. The number of piperidine rings is 1. The maximum atomic E-state index is 12.0. The van der Waals surface area contributed by atoms with E-state index >= 15 is 0 Å². The molecule has 2 unspecified atom stereocenters. The molecule has 1 rings (SSSR count). The second-order valence-electron chi connectivity index (χ2n) is 5.99. The van der Waals surface area contributed by atoms with Gasteiger partial charge in [-0.25, -0.2) is 0 Å². The molecule has 1 fully saturated rings. The predicted molar refractivity (Wildman–Crippen MR) is 68.7 cm³/mol. The molecule has 1 aliphatic rings. The maximum Gasteiger partial charge on any atom is 0.237 e. The summed E-state index contributed by atoms with van der Waals surface area (Å²) in [5.74, 6) is 0.722. The van der Waals surface area contributed by atoms with Gasteiger partial charge in [-0.3, -0.25) is 4.79 Å². The molecule has 1 saturated heterocycles. The zero-order valence-corrected chi connectivity index (χ0v) is 11.3. The van der Waals surface area contributed by atoms with Gasteiger partial charge >= 0.3 is 0 Å². The van der Waals surface area contributed by atoms with Crippen LogP contribution in [0.2, 0.25) is 0 Å². The molecule has 0 bridgehead atoms. The Balaban J connectivity index is 2.33. The van der Waals surface area contributed by atoms with Crippen molar-refractivity contribution >= 4 is 5.91 Å². The first kappa shape index (κ1) is 14.5. The van der Waals surface area contributed by atoms with E-state index in [-0.39, 0.29) is 24.0 Å². The van der Waals surface area contributed by atoms with Gasteiger partial charge in [0, 0.05) is 13.2 Å². The summed E-state index contributed by atoms with van der Waals surface area (Å²) in [6.07, 6.45) is 2.79. The molecule has 0 aliphatic carbocycles. The van der Waals surface area contributed by atoms with E-state index in [1.54, 1.807) is 0 Å². The molecule has 0 aromatic carbocycles. The van der Waals surface area contributed by atoms with Gasteiger partial charge in [-0.05, 0) is 37.1 Å². The molecule has 17 heavy (non-hydrogen) atoms. The molecule has 4 nitrogen and oxygen atoms in total. The van der Waals surface area contributed by atoms with Gasteiger partial charge in [0.05, 0.1) is 6.04 Å². The quantitative estimate of drug-likeness (QED) is 0.671. The van der Waals surface area contributed by atoms with Crippen LogP contribution in [-0.4, -0.2) is 36.8 Å². The van der Waals surface area contributed by atoms with E-state index in [0.717, 1.165) is 19.4 Å². The van der Waals surface area contributed by atoms with Crippen molar-refractivity contribution in [2.45, 2.75) is 46.1 Å². The summed E-state index contributed by atoms with van der Waals surface area (Å²) in [6.45, 7) is 8.03. The van der Waals surface area contributed by atoms with Gasteiger partial charge in [-0.2, -0.15) is 0 Å². The van der Waals surface area contributed by atoms with Gasteiger partial charge in [-0.1, -0.05) is 20.8 Å². The lowest BCUT2D eigenvalue weighted by atomic mass is 9.89. The van der Waals surface area contributed by atoms with Gasteiger partial charge in [0.25, 0.3) is 0 Å². The number of amides is 1. The number of aliphatic hydroxyl groups is 1. The van der Waals surface area contributed by atoms with Gasteiger partial charge in [-0.15, -0.1) is 0 Å². The molecule has 0 radical (unpaired) electrons. The Morgan fingerprint density at radius 1 is 1.53 bits per heavy atom. The first-order valence-electron chi connectivity index (χ1n) is 6.56. The summed E-state index contributed by atoms with van der Waals surface area (Å²) < 4.78 is 0. The minimum absolute atomic E-state index is 0.0370. The second kappa shape index (κ2) is 6.36. The zero-order chi connectivity index (χ0) is 12.9. The van der Waals surface area contributed by atoms with E-state index in [9.17, 15) is 4.79 Å². The van der Waals surface area contributed by atoms with Crippen molar-refractivity contribution in [2.75, 3.05) is 19.7 Å². The topological polar surface area (TPSA) is 61.4 Å². The Morgan fingerprint density at radius 2 is 2.24 bits per heavy atom. The highest BCUT2D eigenvalue weighted by Gasteiger charge is 2.26. The van der Waals surface area contributed by atoms with Gasteiger partial charge in [0.2, 0.25) is 5.91 Å². The Kier molecular flexibility index (Phi) is 5.40. The van der Waals surface area contributed by atoms with Crippen LogP contribution in [0.15, 0.2) is 0 Å². The normalized spacial score (nSPS) is 25.6. The lowest BCUT2D eigenvalue weighted by Crippen LogP contribution is -2.50. The Bertz CT molecular complexity index is 254. The molecule has 100 valence electrons. The monoisotopic (exact) mass is 242 g/mol. The van der Waals surface area contributed by atoms with Crippen LogP contribution >= 0.6 is 0 Å². The molecule has 3 N–H and O–H groups in total. The van der Waals surface area contributed by atoms with E-state index in [4.69, 9.17) is 5.11 Å². The van der Waals surface area contributed by atoms with Gasteiger partial charge in [0.15, 0.2) is 0 Å². The van der Waals surface area contributed by atoms with Crippen LogP contribution < -0.4 is 10.6 Å². The smallest absolute Gasteiger partial charge is 0.237 e. The summed E-state index contributed by atoms with van der Waals surface area (Å²) in [7, 11) is 0. The van der Waals surface area contributed by atoms with Crippen LogP contribution in [0.4, 0.5) is 0 Å². The van der Waals surface area contributed by atoms with Gasteiger partial charge < -0.3 is 15.7 Å². The first-order chi connectivity index (χ1) is 7.94. The van der Waals surface area contributed by atoms with E-state index < -0.39 is 0 Å². The van der Waals surface area contributed by atoms with Crippen molar-refractivity contribution < 1.29 is 9.90 Å². The Hall–Kier alpha value is -0.610. The van der Waals surface area contributed by atoms with Crippen LogP contribution in [0.1, 0.15) is 40.0 Å². The van der Waals surface area contributed by atoms with Crippen molar-refractivity contribution in [2.24, 2.45) is 11.3 Å². The molecule has 2 atom stereocenters. The number of nitrogens with one attached hydrogen (secondary N) is 2. The Labute approximate surface area is 104 Å². The number of carbonyl (C=O) groups is 1. The third kappa shape index (κ3) is 5.04. The standard InChI is InChI=1S/C13H26N2O2/c1-10-4-6-14-11(8-10)12(17)15-9-13(2,3)5-7-16/h10-11,14,16H,4-9H2,1-3H3,(H,15,17). The number of hydrogen-bond acceptors (Lipinski definition) is 3. The molecule has 0 spiro atoms. The largest absolute Gasteiger partial charge is 0.396 e. The number of hydrogen-bond donors (Lipinski definition) is 3. The fourth-order valence-corrected chi connectivity index (χ4v) is 2.15. The SMILES string of the molecule is CC1CCNC(C(=O)NCC(C)(C)CCO)C1. The number of carbonyl (C=O) groups excluding carboxylic acids is 1. The average molecular weight is 242 g/mol. The minimum Gasteiger partial charge on any atom is -0.396 e. The lowest BCUT2D eigenvalue weighted by molar-refractivity contribution is -0.124. The highest BCUT2D eigenvalue weighted by atomic mass is 16.3. The van der Waals surface area contributed by atoms with Crippen molar-refractivity contribution in [3.63, 3.8) is 0 Å². The predicted octanol–water partition coefficient (Wildman–Crippen LogP) is 0.899. The number of aliphatic hydroxyl groups excluding tert-OH is 1. The van der Waals surface area contributed by atoms with Gasteiger partial charge in [0.1, 0.15) is 0 Å². The maximum absolute atomic E-state index is 12.0. The molecule has 4 heteroatoms. The summed E-state index contributed by atoms with van der Waals surface area (Å²) in [5.41, 5.74) is -0.0370. The third-order valence-corrected chi connectivity index (χ3v) is 3.51. The molecule has 0 saturated carbocycles. The molecule has 0 aromatic heterocycles. The molecule has 0 aromatic rings. The third-order valence-electron chi connectivity index (χ3n) is 3.51. The van der Waals surface area contributed by atoms with E-state index in [1.807, 2.05) is 0 Å². The van der Waals surface area contributed by atoms with E-state index in [0.29, 0.717) is 18.9 Å². The van der Waals surface area contributed by atoms with Crippen LogP contribution in [0.5, 0.6) is 0 Å². The summed E-state index contributed by atoms with van der Waals surface area (Å²) in [5, 5.41) is 15.2. The Morgan fingerprint density at radius 3 is 2.82 bits per heavy atom. The second-order valence-corrected chi connectivity index (χ2v) is 5.99. The molecule has 1 aliphatic heterocycles. The fourth-order valence-electron chi connectivity index (χ4n) is 2.15. The van der Waals surface area contributed by atoms with E-state index in [2.05, 4.69) is 31.4 Å². The highest BCUT2D eigenvalue weighted by Crippen LogP contribution is 2.19. The van der Waals surface area contributed by atoms with Crippen LogP contribution in [-0.2, 0) is 4.79 Å². The molecule has 1 heterocycles. The van der Waals surface area contributed by atoms with E-state index in [1.165, 1.54) is 0 Å². The zero-order valence-electron chi connectivity index (χ0n) is 11.3. The lowest BCUT2D eigenvalue weighted by Gasteiger charge is -2.29. The molecular formula is C13H26N2O2. The first-order valence-corrected chi connectivity index (χ1v) is 6.56. The minimum atomic E-state index is -0.0383. The van der Waals surface area contributed by atoms with Crippen LogP contribution in [0.25, 0.3) is 0 Å². The van der Waals surface area contributed by atoms with Crippen LogP contribution in [0, 0.1) is 11.3 Å². The van der Waals surface area contributed by atoms with Crippen molar-refractivity contribution in [1.29, 1.82) is 0 Å². The van der Waals surface area contributed by atoms with Crippen molar-refractivity contribution in [3.05, 3.63) is 0 Å². The highest BCUT2D eigenvalue weighted by molar-refractivity contribution is 5.81. The van der Waals surface area contributed by atoms with Crippen LogP contribution in [0.3, 0.4) is 0 Å². The fraction of sp³-hybridized carbons (Fsp3) is 0.923. The summed E-state index contributed by atoms with van der Waals surface area (Å²) >= 11 is 0.